The van der Waals surface area contributed by atoms with Crippen molar-refractivity contribution in [3.05, 3.63) is 88.5 Å². The summed E-state index contributed by atoms with van der Waals surface area (Å²) >= 11 is 0. The number of benzene rings is 2. The summed E-state index contributed by atoms with van der Waals surface area (Å²) in [5, 5.41) is 19.6. The first kappa shape index (κ1) is 24.4. The molecule has 0 radical (unpaired) electrons. The number of fused-ring (bicyclic) bond motifs is 2. The number of carbonyl (C=O) groups is 1. The van der Waals surface area contributed by atoms with E-state index in [1.165, 1.54) is 17.7 Å². The van der Waals surface area contributed by atoms with Gasteiger partial charge in [0.1, 0.15) is 5.82 Å². The van der Waals surface area contributed by atoms with E-state index in [1.54, 1.807) is 12.1 Å². The third kappa shape index (κ3) is 4.28. The number of nitrogens with zero attached hydrogens (tertiary/aromatic N) is 2. The number of aliphatic hydroxyl groups is 1. The summed E-state index contributed by atoms with van der Waals surface area (Å²) in [6.07, 6.45) is 7.40. The molecule has 0 saturated heterocycles. The molecule has 0 aliphatic heterocycles. The highest BCUT2D eigenvalue weighted by Crippen LogP contribution is 2.56. The van der Waals surface area contributed by atoms with Gasteiger partial charge in [0.2, 0.25) is 0 Å². The molecule has 2 aliphatic carbocycles. The SMILES string of the molecule is CC(C)(C)NC(=O)c1ccccc1CC[C@]1(O)CCC2=Cc3c(cnn3-c3ccc(F)cc3)C[C@@]21C. The summed E-state index contributed by atoms with van der Waals surface area (Å²) in [7, 11) is 0. The first-order valence-corrected chi connectivity index (χ1v) is 12.7. The Morgan fingerprint density at radius 3 is 2.61 bits per heavy atom. The lowest BCUT2D eigenvalue weighted by Crippen LogP contribution is -2.45. The van der Waals surface area contributed by atoms with E-state index >= 15 is 0 Å². The third-order valence-corrected chi connectivity index (χ3v) is 7.91. The van der Waals surface area contributed by atoms with Crippen LogP contribution in [0.3, 0.4) is 0 Å². The lowest BCUT2D eigenvalue weighted by atomic mass is 9.65. The number of hydrogen-bond donors (Lipinski definition) is 2. The van der Waals surface area contributed by atoms with E-state index in [4.69, 9.17) is 0 Å². The maximum absolute atomic E-state index is 13.4. The van der Waals surface area contributed by atoms with Crippen LogP contribution in [0.15, 0.2) is 60.3 Å². The molecule has 6 heteroatoms. The second-order valence-electron chi connectivity index (χ2n) is 11.5. The van der Waals surface area contributed by atoms with Gasteiger partial charge in [-0.15, -0.1) is 0 Å². The van der Waals surface area contributed by atoms with Gasteiger partial charge in [-0.25, -0.2) is 9.07 Å². The molecular formula is C30H34FN3O2. The number of halogens is 1. The Morgan fingerprint density at radius 1 is 1.17 bits per heavy atom. The fourth-order valence-corrected chi connectivity index (χ4v) is 5.83. The van der Waals surface area contributed by atoms with Gasteiger partial charge in [-0.1, -0.05) is 30.7 Å². The molecule has 1 amide bonds. The Morgan fingerprint density at radius 2 is 1.89 bits per heavy atom. The Kier molecular flexibility index (Phi) is 5.91. The molecule has 1 heterocycles. The maximum Gasteiger partial charge on any atom is 0.251 e. The molecule has 1 fully saturated rings. The number of amides is 1. The van der Waals surface area contributed by atoms with Gasteiger partial charge in [0.25, 0.3) is 5.91 Å². The average Bonchev–Trinajstić information content (AvgIpc) is 3.33. The van der Waals surface area contributed by atoms with Gasteiger partial charge in [0.05, 0.1) is 23.2 Å². The highest BCUT2D eigenvalue weighted by Gasteiger charge is 2.54. The van der Waals surface area contributed by atoms with Crippen LogP contribution >= 0.6 is 0 Å². The fourth-order valence-electron chi connectivity index (χ4n) is 5.83. The largest absolute Gasteiger partial charge is 0.389 e. The number of nitrogens with one attached hydrogen (secondary N) is 1. The van der Waals surface area contributed by atoms with Gasteiger partial charge in [-0.3, -0.25) is 4.79 Å². The molecule has 0 bridgehead atoms. The zero-order valence-electron chi connectivity index (χ0n) is 21.4. The van der Waals surface area contributed by atoms with Crippen LogP contribution in [0.4, 0.5) is 4.39 Å². The Labute approximate surface area is 212 Å². The van der Waals surface area contributed by atoms with Gasteiger partial charge in [-0.05, 0) is 100 Å². The second-order valence-corrected chi connectivity index (χ2v) is 11.5. The molecule has 188 valence electrons. The normalized spacial score (nSPS) is 23.1. The number of aryl methyl sites for hydroxylation is 1. The summed E-state index contributed by atoms with van der Waals surface area (Å²) < 4.78 is 15.3. The summed E-state index contributed by atoms with van der Waals surface area (Å²) in [6, 6.07) is 14.0. The van der Waals surface area contributed by atoms with Gasteiger partial charge in [0.15, 0.2) is 0 Å². The number of aromatic nitrogens is 2. The van der Waals surface area contributed by atoms with Gasteiger partial charge < -0.3 is 10.4 Å². The van der Waals surface area contributed by atoms with E-state index in [-0.39, 0.29) is 17.3 Å². The van der Waals surface area contributed by atoms with Crippen LogP contribution in [0.2, 0.25) is 0 Å². The van der Waals surface area contributed by atoms with Crippen LogP contribution in [0.5, 0.6) is 0 Å². The number of carbonyl (C=O) groups excluding carboxylic acids is 1. The average molecular weight is 488 g/mol. The first-order valence-electron chi connectivity index (χ1n) is 12.7. The molecule has 5 rings (SSSR count). The fraction of sp³-hybridized carbons (Fsp3) is 0.400. The van der Waals surface area contributed by atoms with Crippen LogP contribution in [0.1, 0.15) is 74.1 Å². The molecular weight excluding hydrogens is 453 g/mol. The molecule has 1 aromatic heterocycles. The first-order chi connectivity index (χ1) is 17.0. The van der Waals surface area contributed by atoms with Gasteiger partial charge in [0, 0.05) is 16.5 Å². The van der Waals surface area contributed by atoms with Crippen molar-refractivity contribution in [2.45, 2.75) is 70.9 Å². The minimum Gasteiger partial charge on any atom is -0.389 e. The highest BCUT2D eigenvalue weighted by atomic mass is 19.1. The monoisotopic (exact) mass is 487 g/mol. The summed E-state index contributed by atoms with van der Waals surface area (Å²) in [4.78, 5) is 12.9. The molecule has 0 unspecified atom stereocenters. The molecule has 36 heavy (non-hydrogen) atoms. The maximum atomic E-state index is 13.4. The molecule has 3 aromatic rings. The molecule has 2 aromatic carbocycles. The Balaban J connectivity index is 1.39. The van der Waals surface area contributed by atoms with Crippen LogP contribution in [0.25, 0.3) is 11.8 Å². The van der Waals surface area contributed by atoms with Crippen molar-refractivity contribution in [1.82, 2.24) is 15.1 Å². The zero-order valence-corrected chi connectivity index (χ0v) is 21.4. The van der Waals surface area contributed by atoms with Crippen molar-refractivity contribution < 1.29 is 14.3 Å². The third-order valence-electron chi connectivity index (χ3n) is 7.91. The van der Waals surface area contributed by atoms with Crippen LogP contribution in [0, 0.1) is 11.2 Å². The lowest BCUT2D eigenvalue weighted by molar-refractivity contribution is -0.0461. The molecule has 1 saturated carbocycles. The van der Waals surface area contributed by atoms with Crippen molar-refractivity contribution in [2.24, 2.45) is 5.41 Å². The quantitative estimate of drug-likeness (QED) is 0.489. The van der Waals surface area contributed by atoms with Gasteiger partial charge in [-0.2, -0.15) is 5.10 Å². The van der Waals surface area contributed by atoms with E-state index in [1.807, 2.05) is 55.9 Å². The van der Waals surface area contributed by atoms with E-state index < -0.39 is 11.0 Å². The minimum absolute atomic E-state index is 0.0844. The van der Waals surface area contributed by atoms with Crippen molar-refractivity contribution in [1.29, 1.82) is 0 Å². The summed E-state index contributed by atoms with van der Waals surface area (Å²) in [6.45, 7) is 8.07. The van der Waals surface area contributed by atoms with Gasteiger partial charge >= 0.3 is 0 Å². The molecule has 2 N–H and O–H groups in total. The minimum atomic E-state index is -0.887. The van der Waals surface area contributed by atoms with Crippen molar-refractivity contribution in [2.75, 3.05) is 0 Å². The Hall–Kier alpha value is -3.25. The Bertz CT molecular complexity index is 1330. The van der Waals surface area contributed by atoms with E-state index in [9.17, 15) is 14.3 Å². The van der Waals surface area contributed by atoms with Crippen molar-refractivity contribution in [3.8, 4) is 5.69 Å². The zero-order chi connectivity index (χ0) is 25.7. The molecule has 5 nitrogen and oxygen atoms in total. The lowest BCUT2D eigenvalue weighted by Gasteiger charge is -2.42. The molecule has 0 spiro atoms. The number of hydrogen-bond acceptors (Lipinski definition) is 3. The highest BCUT2D eigenvalue weighted by molar-refractivity contribution is 5.96. The topological polar surface area (TPSA) is 67.2 Å². The van der Waals surface area contributed by atoms with Crippen LogP contribution in [-0.4, -0.2) is 31.9 Å². The van der Waals surface area contributed by atoms with Crippen molar-refractivity contribution >= 4 is 12.0 Å². The van der Waals surface area contributed by atoms with E-state index in [2.05, 4.69) is 23.4 Å². The molecule has 2 atom stereocenters. The summed E-state index contributed by atoms with van der Waals surface area (Å²) in [5.74, 6) is -0.358. The van der Waals surface area contributed by atoms with E-state index in [0.29, 0.717) is 31.2 Å². The standard InChI is InChI=1S/C30H34FN3O2/c1-28(2,3)33-27(35)25-8-6-5-7-20(25)13-15-30(36)16-14-22-17-26-21(18-29(22,30)4)19-32-34(26)24-11-9-23(31)10-12-24/h5-12,17,19,36H,13-16,18H2,1-4H3,(H,33,35)/t29-,30-/m0/s1. The predicted molar refractivity (Wildman–Crippen MR) is 139 cm³/mol. The second kappa shape index (κ2) is 8.70. The molecule has 2 aliphatic rings. The smallest absolute Gasteiger partial charge is 0.251 e. The van der Waals surface area contributed by atoms with Crippen LogP contribution < -0.4 is 5.32 Å². The number of rotatable bonds is 5. The van der Waals surface area contributed by atoms with Crippen LogP contribution in [-0.2, 0) is 12.8 Å². The predicted octanol–water partition coefficient (Wildman–Crippen LogP) is 5.64. The summed E-state index contributed by atoms with van der Waals surface area (Å²) in [5.41, 5.74) is 4.13. The van der Waals surface area contributed by atoms with Crippen molar-refractivity contribution in [3.63, 3.8) is 0 Å². The van der Waals surface area contributed by atoms with E-state index in [0.717, 1.165) is 28.9 Å².